The molecule has 0 unspecified atom stereocenters. The Labute approximate surface area is 115 Å². The Morgan fingerprint density at radius 3 is 2.58 bits per heavy atom. The van der Waals surface area contributed by atoms with Gasteiger partial charge in [-0.15, -0.1) is 0 Å². The van der Waals surface area contributed by atoms with Crippen molar-refractivity contribution < 1.29 is 9.18 Å². The normalized spacial score (nSPS) is 10.2. The summed E-state index contributed by atoms with van der Waals surface area (Å²) in [6.07, 6.45) is 0. The standard InChI is InChI=1S/C14H12ClFN2O/c15-13-6-5-11(17)7-12(13)14(19)18-8-9-1-3-10(16)4-2-9/h1-7H,8,17H2,(H,18,19). The number of hydrogen-bond acceptors (Lipinski definition) is 2. The lowest BCUT2D eigenvalue weighted by Crippen LogP contribution is -2.23. The van der Waals surface area contributed by atoms with Gasteiger partial charge in [-0.1, -0.05) is 23.7 Å². The molecule has 0 saturated heterocycles. The predicted octanol–water partition coefficient (Wildman–Crippen LogP) is 2.99. The molecular formula is C14H12ClFN2O. The second-order valence-corrected chi connectivity index (χ2v) is 4.46. The van der Waals surface area contributed by atoms with Gasteiger partial charge in [-0.25, -0.2) is 4.39 Å². The van der Waals surface area contributed by atoms with Crippen LogP contribution in [0, 0.1) is 5.82 Å². The van der Waals surface area contributed by atoms with E-state index in [-0.39, 0.29) is 11.7 Å². The summed E-state index contributed by atoms with van der Waals surface area (Å²) in [4.78, 5) is 11.9. The van der Waals surface area contributed by atoms with Gasteiger partial charge in [0, 0.05) is 12.2 Å². The van der Waals surface area contributed by atoms with E-state index in [9.17, 15) is 9.18 Å². The van der Waals surface area contributed by atoms with Crippen molar-refractivity contribution >= 4 is 23.2 Å². The molecule has 0 atom stereocenters. The van der Waals surface area contributed by atoms with E-state index in [0.717, 1.165) is 5.56 Å². The van der Waals surface area contributed by atoms with Gasteiger partial charge in [0.25, 0.3) is 5.91 Å². The SMILES string of the molecule is Nc1ccc(Cl)c(C(=O)NCc2ccc(F)cc2)c1. The Hall–Kier alpha value is -2.07. The van der Waals surface area contributed by atoms with E-state index in [1.54, 1.807) is 24.3 Å². The predicted molar refractivity (Wildman–Crippen MR) is 73.4 cm³/mol. The maximum Gasteiger partial charge on any atom is 0.253 e. The minimum absolute atomic E-state index is 0.296. The fraction of sp³-hybridized carbons (Fsp3) is 0.0714. The summed E-state index contributed by atoms with van der Waals surface area (Å²) in [5.41, 5.74) is 7.20. The van der Waals surface area contributed by atoms with Gasteiger partial charge in [0.1, 0.15) is 5.82 Å². The Balaban J connectivity index is 2.05. The van der Waals surface area contributed by atoms with Crippen LogP contribution in [0.1, 0.15) is 15.9 Å². The fourth-order valence-electron chi connectivity index (χ4n) is 1.60. The topological polar surface area (TPSA) is 55.1 Å². The summed E-state index contributed by atoms with van der Waals surface area (Å²) < 4.78 is 12.7. The molecular weight excluding hydrogens is 267 g/mol. The minimum atomic E-state index is -0.318. The molecule has 3 N–H and O–H groups in total. The molecule has 0 spiro atoms. The molecule has 98 valence electrons. The van der Waals surface area contributed by atoms with Crippen LogP contribution in [0.3, 0.4) is 0 Å². The highest BCUT2D eigenvalue weighted by Crippen LogP contribution is 2.18. The number of amides is 1. The quantitative estimate of drug-likeness (QED) is 0.848. The summed E-state index contributed by atoms with van der Waals surface area (Å²) in [5, 5.41) is 3.04. The summed E-state index contributed by atoms with van der Waals surface area (Å²) in [7, 11) is 0. The number of nitrogen functional groups attached to an aromatic ring is 1. The van der Waals surface area contributed by atoms with Crippen molar-refractivity contribution in [1.82, 2.24) is 5.32 Å². The van der Waals surface area contributed by atoms with Crippen molar-refractivity contribution in [3.8, 4) is 0 Å². The Morgan fingerprint density at radius 1 is 1.21 bits per heavy atom. The molecule has 0 fully saturated rings. The summed E-state index contributed by atoms with van der Waals surface area (Å²) in [6.45, 7) is 0.296. The third kappa shape index (κ3) is 3.45. The van der Waals surface area contributed by atoms with E-state index < -0.39 is 0 Å². The number of anilines is 1. The molecule has 0 saturated carbocycles. The average molecular weight is 279 g/mol. The van der Waals surface area contributed by atoms with Gasteiger partial charge >= 0.3 is 0 Å². The molecule has 3 nitrogen and oxygen atoms in total. The number of nitrogens with one attached hydrogen (secondary N) is 1. The van der Waals surface area contributed by atoms with Crippen molar-refractivity contribution in [3.05, 3.63) is 64.4 Å². The molecule has 2 rings (SSSR count). The lowest BCUT2D eigenvalue weighted by Gasteiger charge is -2.07. The van der Waals surface area contributed by atoms with E-state index in [1.807, 2.05) is 0 Å². The van der Waals surface area contributed by atoms with E-state index >= 15 is 0 Å². The molecule has 0 radical (unpaired) electrons. The number of nitrogens with two attached hydrogens (primary N) is 1. The minimum Gasteiger partial charge on any atom is -0.399 e. The lowest BCUT2D eigenvalue weighted by molar-refractivity contribution is 0.0951. The molecule has 0 aliphatic heterocycles. The smallest absolute Gasteiger partial charge is 0.253 e. The maximum absolute atomic E-state index is 12.7. The van der Waals surface area contributed by atoms with Crippen molar-refractivity contribution in [2.45, 2.75) is 6.54 Å². The van der Waals surface area contributed by atoms with Gasteiger partial charge in [0.2, 0.25) is 0 Å². The molecule has 5 heteroatoms. The molecule has 2 aromatic carbocycles. The van der Waals surface area contributed by atoms with Gasteiger partial charge < -0.3 is 11.1 Å². The summed E-state index contributed by atoms with van der Waals surface area (Å²) >= 11 is 5.93. The summed E-state index contributed by atoms with van der Waals surface area (Å²) in [6, 6.07) is 10.6. The molecule has 2 aromatic rings. The van der Waals surface area contributed by atoms with Gasteiger partial charge in [-0.2, -0.15) is 0 Å². The van der Waals surface area contributed by atoms with Crippen LogP contribution >= 0.6 is 11.6 Å². The van der Waals surface area contributed by atoms with Crippen LogP contribution in [0.2, 0.25) is 5.02 Å². The zero-order chi connectivity index (χ0) is 13.8. The van der Waals surface area contributed by atoms with E-state index in [0.29, 0.717) is 22.8 Å². The Morgan fingerprint density at radius 2 is 1.89 bits per heavy atom. The number of rotatable bonds is 3. The van der Waals surface area contributed by atoms with Crippen LogP contribution in [0.5, 0.6) is 0 Å². The second kappa shape index (κ2) is 5.71. The Kier molecular flexibility index (Phi) is 4.02. The highest BCUT2D eigenvalue weighted by Gasteiger charge is 2.10. The van der Waals surface area contributed by atoms with Gasteiger partial charge in [-0.3, -0.25) is 4.79 Å². The molecule has 0 aromatic heterocycles. The van der Waals surface area contributed by atoms with Crippen molar-refractivity contribution in [2.24, 2.45) is 0 Å². The first-order valence-electron chi connectivity index (χ1n) is 5.64. The van der Waals surface area contributed by atoms with Crippen LogP contribution in [0.15, 0.2) is 42.5 Å². The number of halogens is 2. The molecule has 1 amide bonds. The largest absolute Gasteiger partial charge is 0.399 e. The molecule has 0 aliphatic carbocycles. The zero-order valence-corrected chi connectivity index (χ0v) is 10.7. The second-order valence-electron chi connectivity index (χ2n) is 4.05. The van der Waals surface area contributed by atoms with Crippen molar-refractivity contribution in [2.75, 3.05) is 5.73 Å². The first kappa shape index (κ1) is 13.4. The third-order valence-electron chi connectivity index (χ3n) is 2.60. The van der Waals surface area contributed by atoms with Crippen LogP contribution in [0.4, 0.5) is 10.1 Å². The third-order valence-corrected chi connectivity index (χ3v) is 2.93. The van der Waals surface area contributed by atoms with Crippen LogP contribution in [0.25, 0.3) is 0 Å². The van der Waals surface area contributed by atoms with Crippen molar-refractivity contribution in [1.29, 1.82) is 0 Å². The van der Waals surface area contributed by atoms with Gasteiger partial charge in [0.05, 0.1) is 10.6 Å². The highest BCUT2D eigenvalue weighted by atomic mass is 35.5. The zero-order valence-electron chi connectivity index (χ0n) is 9.99. The van der Waals surface area contributed by atoms with E-state index in [2.05, 4.69) is 5.32 Å². The lowest BCUT2D eigenvalue weighted by atomic mass is 10.1. The van der Waals surface area contributed by atoms with E-state index in [4.69, 9.17) is 17.3 Å². The van der Waals surface area contributed by atoms with Crippen molar-refractivity contribution in [3.63, 3.8) is 0 Å². The van der Waals surface area contributed by atoms with Crippen LogP contribution in [-0.4, -0.2) is 5.91 Å². The van der Waals surface area contributed by atoms with Gasteiger partial charge in [-0.05, 0) is 35.9 Å². The van der Waals surface area contributed by atoms with E-state index in [1.165, 1.54) is 18.2 Å². The van der Waals surface area contributed by atoms with Gasteiger partial charge in [0.15, 0.2) is 0 Å². The molecule has 19 heavy (non-hydrogen) atoms. The van der Waals surface area contributed by atoms with Crippen LogP contribution < -0.4 is 11.1 Å². The summed E-state index contributed by atoms with van der Waals surface area (Å²) in [5.74, 6) is -0.629. The number of benzene rings is 2. The monoisotopic (exact) mass is 278 g/mol. The number of hydrogen-bond donors (Lipinski definition) is 2. The number of carbonyl (C=O) groups excluding carboxylic acids is 1. The first-order valence-corrected chi connectivity index (χ1v) is 6.02. The first-order chi connectivity index (χ1) is 9.06. The molecule has 0 bridgehead atoms. The molecule has 0 heterocycles. The number of carbonyl (C=O) groups is 1. The Bertz CT molecular complexity index is 599. The van der Waals surface area contributed by atoms with Crippen LogP contribution in [-0.2, 0) is 6.54 Å². The molecule has 0 aliphatic rings. The maximum atomic E-state index is 12.7. The fourth-order valence-corrected chi connectivity index (χ4v) is 1.80. The highest BCUT2D eigenvalue weighted by molar-refractivity contribution is 6.34. The average Bonchev–Trinajstić information content (AvgIpc) is 2.40.